The summed E-state index contributed by atoms with van der Waals surface area (Å²) in [4.78, 5) is 22.5. The van der Waals surface area contributed by atoms with Crippen molar-refractivity contribution in [1.82, 2.24) is 5.32 Å². The van der Waals surface area contributed by atoms with Crippen LogP contribution in [0.15, 0.2) is 0 Å². The van der Waals surface area contributed by atoms with E-state index in [2.05, 4.69) is 5.32 Å². The van der Waals surface area contributed by atoms with Gasteiger partial charge in [-0.15, -0.1) is 0 Å². The first-order chi connectivity index (χ1) is 7.24. The van der Waals surface area contributed by atoms with Gasteiger partial charge in [-0.05, 0) is 34.1 Å². The molecule has 16 heavy (non-hydrogen) atoms. The molecule has 0 aliphatic carbocycles. The fourth-order valence-corrected chi connectivity index (χ4v) is 1.14. The summed E-state index contributed by atoms with van der Waals surface area (Å²) in [6, 6.07) is -0.0367. The van der Waals surface area contributed by atoms with E-state index in [1.807, 2.05) is 34.6 Å². The highest BCUT2D eigenvalue weighted by atomic mass is 16.6. The van der Waals surface area contributed by atoms with Gasteiger partial charge in [0.15, 0.2) is 0 Å². The molecule has 1 unspecified atom stereocenters. The average Bonchev–Trinajstić information content (AvgIpc) is 2.10. The molecule has 0 aromatic heterocycles. The second-order valence-corrected chi connectivity index (χ2v) is 4.98. The van der Waals surface area contributed by atoms with Crippen LogP contribution in [0, 0.1) is 0 Å². The number of alkyl carbamates (subject to hydrolysis) is 1. The van der Waals surface area contributed by atoms with Gasteiger partial charge in [0.1, 0.15) is 11.4 Å². The van der Waals surface area contributed by atoms with Crippen LogP contribution in [0.25, 0.3) is 0 Å². The fourth-order valence-electron chi connectivity index (χ4n) is 1.14. The monoisotopic (exact) mass is 229 g/mol. The van der Waals surface area contributed by atoms with Gasteiger partial charge < -0.3 is 10.1 Å². The predicted octanol–water partition coefficient (Wildman–Crippen LogP) is 2.66. The van der Waals surface area contributed by atoms with Crippen molar-refractivity contribution in [3.8, 4) is 0 Å². The first-order valence-electron chi connectivity index (χ1n) is 5.75. The number of carbonyl (C=O) groups excluding carboxylic acids is 2. The third-order valence-electron chi connectivity index (χ3n) is 2.01. The minimum Gasteiger partial charge on any atom is -0.444 e. The van der Waals surface area contributed by atoms with Crippen LogP contribution in [-0.4, -0.2) is 23.5 Å². The maximum atomic E-state index is 11.4. The zero-order valence-electron chi connectivity index (χ0n) is 10.9. The maximum absolute atomic E-state index is 11.4. The summed E-state index contributed by atoms with van der Waals surface area (Å²) < 4.78 is 5.11. The van der Waals surface area contributed by atoms with Crippen molar-refractivity contribution >= 4 is 11.9 Å². The van der Waals surface area contributed by atoms with Crippen LogP contribution in [0.4, 0.5) is 4.79 Å². The van der Waals surface area contributed by atoms with Gasteiger partial charge in [0.2, 0.25) is 0 Å². The normalized spacial score (nSPS) is 13.1. The lowest BCUT2D eigenvalue weighted by molar-refractivity contribution is -0.118. The van der Waals surface area contributed by atoms with Gasteiger partial charge in [-0.3, -0.25) is 4.79 Å². The molecular formula is C12H23NO3. The largest absolute Gasteiger partial charge is 0.444 e. The van der Waals surface area contributed by atoms with E-state index >= 15 is 0 Å². The van der Waals surface area contributed by atoms with Crippen molar-refractivity contribution < 1.29 is 14.3 Å². The highest BCUT2D eigenvalue weighted by Gasteiger charge is 2.17. The molecule has 0 saturated heterocycles. The van der Waals surface area contributed by atoms with Crippen LogP contribution < -0.4 is 5.32 Å². The molecule has 0 heterocycles. The number of carbonyl (C=O) groups is 2. The van der Waals surface area contributed by atoms with E-state index in [4.69, 9.17) is 4.74 Å². The first kappa shape index (κ1) is 14.9. The highest BCUT2D eigenvalue weighted by Crippen LogP contribution is 2.07. The topological polar surface area (TPSA) is 55.4 Å². The van der Waals surface area contributed by atoms with E-state index < -0.39 is 11.7 Å². The molecule has 0 spiro atoms. The van der Waals surface area contributed by atoms with E-state index in [1.54, 1.807) is 0 Å². The Labute approximate surface area is 97.7 Å². The van der Waals surface area contributed by atoms with Crippen molar-refractivity contribution in [2.45, 2.75) is 65.5 Å². The molecule has 0 aromatic carbocycles. The number of Topliss-reactive ketones (excluding diaryl/α,β-unsaturated/α-hetero) is 1. The molecule has 4 nitrogen and oxygen atoms in total. The average molecular weight is 229 g/mol. The van der Waals surface area contributed by atoms with Gasteiger partial charge in [-0.25, -0.2) is 4.79 Å². The lowest BCUT2D eigenvalue weighted by Crippen LogP contribution is -2.37. The van der Waals surface area contributed by atoms with Crippen molar-refractivity contribution in [3.05, 3.63) is 0 Å². The zero-order valence-corrected chi connectivity index (χ0v) is 10.9. The predicted molar refractivity (Wildman–Crippen MR) is 63.4 cm³/mol. The molecule has 0 rings (SSSR count). The lowest BCUT2D eigenvalue weighted by atomic mass is 10.1. The number of hydrogen-bond acceptors (Lipinski definition) is 3. The quantitative estimate of drug-likeness (QED) is 0.788. The second kappa shape index (κ2) is 6.51. The van der Waals surface area contributed by atoms with Crippen LogP contribution >= 0.6 is 0 Å². The molecule has 0 aliphatic rings. The number of amides is 1. The third-order valence-corrected chi connectivity index (χ3v) is 2.01. The Morgan fingerprint density at radius 1 is 1.31 bits per heavy atom. The first-order valence-corrected chi connectivity index (χ1v) is 5.75. The molecule has 0 fully saturated rings. The molecular weight excluding hydrogens is 206 g/mol. The Bertz CT molecular complexity index is 243. The Hall–Kier alpha value is -1.06. The van der Waals surface area contributed by atoms with Crippen molar-refractivity contribution in [1.29, 1.82) is 0 Å². The summed E-state index contributed by atoms with van der Waals surface area (Å²) in [6.45, 7) is 9.16. The van der Waals surface area contributed by atoms with Gasteiger partial charge in [-0.2, -0.15) is 0 Å². The van der Waals surface area contributed by atoms with E-state index in [-0.39, 0.29) is 11.8 Å². The van der Waals surface area contributed by atoms with Crippen LogP contribution in [0.1, 0.15) is 53.9 Å². The molecule has 0 saturated carbocycles. The Morgan fingerprint density at radius 2 is 1.88 bits per heavy atom. The molecule has 0 aliphatic heterocycles. The fraction of sp³-hybridized carbons (Fsp3) is 0.833. The summed E-state index contributed by atoms with van der Waals surface area (Å²) in [6.07, 6.45) is 1.29. The van der Waals surface area contributed by atoms with Gasteiger partial charge in [0, 0.05) is 18.9 Å². The number of ketones is 1. The lowest BCUT2D eigenvalue weighted by Gasteiger charge is -2.21. The summed E-state index contributed by atoms with van der Waals surface area (Å²) in [5.41, 5.74) is -0.483. The molecule has 0 aromatic rings. The standard InChI is InChI=1S/C12H23NO3/c1-6-10(14)8-7-9(2)13-11(15)16-12(3,4)5/h9H,6-8H2,1-5H3,(H,13,15). The molecule has 0 bridgehead atoms. The zero-order chi connectivity index (χ0) is 12.8. The number of ether oxygens (including phenoxy) is 1. The van der Waals surface area contributed by atoms with Crippen molar-refractivity contribution in [3.63, 3.8) is 0 Å². The van der Waals surface area contributed by atoms with Gasteiger partial charge >= 0.3 is 6.09 Å². The van der Waals surface area contributed by atoms with Gasteiger partial charge in [-0.1, -0.05) is 6.92 Å². The van der Waals surface area contributed by atoms with Gasteiger partial charge in [0.05, 0.1) is 0 Å². The van der Waals surface area contributed by atoms with Crippen LogP contribution in [0.2, 0.25) is 0 Å². The maximum Gasteiger partial charge on any atom is 0.407 e. The SMILES string of the molecule is CCC(=O)CCC(C)NC(=O)OC(C)(C)C. The smallest absolute Gasteiger partial charge is 0.407 e. The van der Waals surface area contributed by atoms with E-state index in [9.17, 15) is 9.59 Å². The van der Waals surface area contributed by atoms with Crippen molar-refractivity contribution in [2.75, 3.05) is 0 Å². The van der Waals surface area contributed by atoms with Crippen molar-refractivity contribution in [2.24, 2.45) is 0 Å². The number of hydrogen-bond donors (Lipinski definition) is 1. The molecule has 94 valence electrons. The molecule has 1 amide bonds. The molecule has 4 heteroatoms. The summed E-state index contributed by atoms with van der Waals surface area (Å²) >= 11 is 0. The summed E-state index contributed by atoms with van der Waals surface area (Å²) in [5.74, 6) is 0.220. The Kier molecular flexibility index (Phi) is 6.08. The summed E-state index contributed by atoms with van der Waals surface area (Å²) in [5, 5.41) is 2.70. The third kappa shape index (κ3) is 8.26. The highest BCUT2D eigenvalue weighted by molar-refractivity contribution is 5.78. The molecule has 1 N–H and O–H groups in total. The summed E-state index contributed by atoms with van der Waals surface area (Å²) in [7, 11) is 0. The van der Waals surface area contributed by atoms with Crippen LogP contribution in [0.3, 0.4) is 0 Å². The molecule has 0 radical (unpaired) electrons. The minimum absolute atomic E-state index is 0.0367. The van der Waals surface area contributed by atoms with E-state index in [1.165, 1.54) is 0 Å². The molecule has 1 atom stereocenters. The number of rotatable bonds is 5. The minimum atomic E-state index is -0.483. The van der Waals surface area contributed by atoms with Gasteiger partial charge in [0.25, 0.3) is 0 Å². The Morgan fingerprint density at radius 3 is 2.31 bits per heavy atom. The van der Waals surface area contributed by atoms with Crippen LogP contribution in [0.5, 0.6) is 0 Å². The Balaban J connectivity index is 3.83. The second-order valence-electron chi connectivity index (χ2n) is 4.98. The number of nitrogens with one attached hydrogen (secondary N) is 1. The van der Waals surface area contributed by atoms with Crippen LogP contribution in [-0.2, 0) is 9.53 Å². The van der Waals surface area contributed by atoms with E-state index in [0.29, 0.717) is 19.3 Å². The van der Waals surface area contributed by atoms with E-state index in [0.717, 1.165) is 0 Å².